The fourth-order valence-electron chi connectivity index (χ4n) is 4.74. The van der Waals surface area contributed by atoms with Crippen molar-refractivity contribution in [3.63, 3.8) is 0 Å². The van der Waals surface area contributed by atoms with Crippen LogP contribution in [-0.4, -0.2) is 81.2 Å². The number of benzene rings is 2. The first-order chi connectivity index (χ1) is 23.2. The Balaban J connectivity index is 1.74. The summed E-state index contributed by atoms with van der Waals surface area (Å²) in [4.78, 5) is 23.4. The lowest BCUT2D eigenvalue weighted by atomic mass is 10.0. The molecule has 4 aromatic rings. The summed E-state index contributed by atoms with van der Waals surface area (Å²) in [7, 11) is 1.05. The standard InChI is InChI=1S/C31H36N8O4S/c1-20-19-39(5)30-23(18-32)14-22(15-24(20)30)25-10-11-33-31(34-25)35-26-16-21(8-9-29(40)36-44(7,41)42)27(17-28(26)43-6)38(4)13-12-37(2)3/h8-11,14-17,19H,12-13H2,1-7H3,(H,36,40)(H,33,34,35)/i2D3,3D3. The fraction of sp³-hybridized carbons (Fsp3) is 0.290. The Kier molecular flexibility index (Phi) is 7.32. The maximum atomic E-state index is 12.4. The van der Waals surface area contributed by atoms with E-state index in [0.29, 0.717) is 38.7 Å². The summed E-state index contributed by atoms with van der Waals surface area (Å²) in [6.07, 6.45) is 6.69. The number of hydrogen-bond acceptors (Lipinski definition) is 10. The molecule has 0 bridgehead atoms. The number of methoxy groups -OCH3 is 1. The van der Waals surface area contributed by atoms with Gasteiger partial charge in [0.2, 0.25) is 16.0 Å². The van der Waals surface area contributed by atoms with Gasteiger partial charge in [-0.25, -0.2) is 23.1 Å². The molecule has 0 aliphatic heterocycles. The van der Waals surface area contributed by atoms with Gasteiger partial charge in [0.15, 0.2) is 0 Å². The van der Waals surface area contributed by atoms with Crippen molar-refractivity contribution in [3.05, 3.63) is 65.5 Å². The van der Waals surface area contributed by atoms with E-state index in [9.17, 15) is 18.5 Å². The molecule has 4 rings (SSSR count). The van der Waals surface area contributed by atoms with Gasteiger partial charge in [0.05, 0.1) is 35.8 Å². The number of rotatable bonds is 11. The summed E-state index contributed by atoms with van der Waals surface area (Å²) in [5, 5.41) is 13.9. The molecule has 0 unspecified atom stereocenters. The van der Waals surface area contributed by atoms with E-state index >= 15 is 0 Å². The number of sulfonamides is 1. The number of nitrogens with zero attached hydrogens (tertiary/aromatic N) is 6. The molecule has 0 fully saturated rings. The van der Waals surface area contributed by atoms with E-state index in [4.69, 9.17) is 13.0 Å². The molecular formula is C31H36N8O4S. The Labute approximate surface area is 266 Å². The van der Waals surface area contributed by atoms with Crippen LogP contribution >= 0.6 is 0 Å². The van der Waals surface area contributed by atoms with Crippen LogP contribution in [0.4, 0.5) is 17.3 Å². The minimum absolute atomic E-state index is 0.0653. The monoisotopic (exact) mass is 622 g/mol. The third kappa shape index (κ3) is 7.52. The molecule has 44 heavy (non-hydrogen) atoms. The molecule has 2 aromatic carbocycles. The van der Waals surface area contributed by atoms with Crippen molar-refractivity contribution in [2.24, 2.45) is 7.05 Å². The van der Waals surface area contributed by atoms with Gasteiger partial charge in [0.25, 0.3) is 5.91 Å². The van der Waals surface area contributed by atoms with Crippen LogP contribution in [0.15, 0.2) is 48.8 Å². The molecule has 0 radical (unpaired) electrons. The normalized spacial score (nSPS) is 14.2. The van der Waals surface area contributed by atoms with Crippen LogP contribution in [0.5, 0.6) is 5.75 Å². The molecule has 230 valence electrons. The van der Waals surface area contributed by atoms with Gasteiger partial charge < -0.3 is 24.4 Å². The van der Waals surface area contributed by atoms with Gasteiger partial charge in [-0.1, -0.05) is 0 Å². The third-order valence-corrected chi connectivity index (χ3v) is 7.28. The minimum atomic E-state index is -3.85. The van der Waals surface area contributed by atoms with E-state index in [0.717, 1.165) is 28.8 Å². The average molecular weight is 623 g/mol. The number of aryl methyl sites for hydroxylation is 2. The highest BCUT2D eigenvalue weighted by molar-refractivity contribution is 7.89. The SMILES string of the molecule is [2H]C([2H])([2H])N(CCN(C)c1cc(OC)c(Nc2nccc(-c3cc(C#N)c4c(c3)c(C)cn4C)n2)cc1C=CC(=O)NS(C)(=O)=O)C([2H])([2H])[2H]. The van der Waals surface area contributed by atoms with E-state index < -0.39 is 29.9 Å². The highest BCUT2D eigenvalue weighted by Crippen LogP contribution is 2.36. The Morgan fingerprint density at radius 1 is 1.25 bits per heavy atom. The van der Waals surface area contributed by atoms with E-state index in [1.807, 2.05) is 35.5 Å². The highest BCUT2D eigenvalue weighted by atomic mass is 32.2. The summed E-state index contributed by atoms with van der Waals surface area (Å²) in [5.41, 5.74) is 4.63. The van der Waals surface area contributed by atoms with Crippen LogP contribution in [0.2, 0.25) is 0 Å². The predicted octanol–water partition coefficient (Wildman–Crippen LogP) is 3.65. The van der Waals surface area contributed by atoms with Gasteiger partial charge >= 0.3 is 0 Å². The number of nitriles is 1. The number of amides is 1. The lowest BCUT2D eigenvalue weighted by molar-refractivity contribution is -0.114. The lowest BCUT2D eigenvalue weighted by Crippen LogP contribution is -2.29. The van der Waals surface area contributed by atoms with Crippen LogP contribution in [0.1, 0.15) is 24.9 Å². The number of ether oxygens (including phenoxy) is 1. The number of aromatic nitrogens is 3. The van der Waals surface area contributed by atoms with Gasteiger partial charge in [-0.15, -0.1) is 0 Å². The smallest absolute Gasteiger partial charge is 0.257 e. The molecular weight excluding hydrogens is 580 g/mol. The van der Waals surface area contributed by atoms with Gasteiger partial charge in [-0.05, 0) is 56.8 Å². The summed E-state index contributed by atoms with van der Waals surface area (Å²) < 4.78 is 78.7. The van der Waals surface area contributed by atoms with Crippen molar-refractivity contribution in [3.8, 4) is 23.1 Å². The molecule has 13 heteroatoms. The maximum Gasteiger partial charge on any atom is 0.257 e. The van der Waals surface area contributed by atoms with Crippen LogP contribution in [0.3, 0.4) is 0 Å². The van der Waals surface area contributed by atoms with Crippen molar-refractivity contribution in [2.75, 3.05) is 57.7 Å². The summed E-state index contributed by atoms with van der Waals surface area (Å²) in [6, 6.07) is 10.8. The molecule has 0 aliphatic carbocycles. The first kappa shape index (κ1) is 24.5. The van der Waals surface area contributed by atoms with E-state index in [-0.39, 0.29) is 24.8 Å². The number of nitrogens with one attached hydrogen (secondary N) is 2. The quantitative estimate of drug-likeness (QED) is 0.238. The van der Waals surface area contributed by atoms with E-state index in [2.05, 4.69) is 21.4 Å². The molecule has 0 atom stereocenters. The van der Waals surface area contributed by atoms with E-state index in [1.165, 1.54) is 13.2 Å². The number of carbonyl (C=O) groups excluding carboxylic acids is 1. The largest absolute Gasteiger partial charge is 0.494 e. The predicted molar refractivity (Wildman–Crippen MR) is 174 cm³/mol. The van der Waals surface area contributed by atoms with E-state index in [1.54, 1.807) is 42.4 Å². The van der Waals surface area contributed by atoms with Gasteiger partial charge in [-0.3, -0.25) is 4.79 Å². The summed E-state index contributed by atoms with van der Waals surface area (Å²) in [5.74, 6) is -0.461. The Morgan fingerprint density at radius 2 is 2.02 bits per heavy atom. The van der Waals surface area contributed by atoms with Crippen LogP contribution in [0.25, 0.3) is 28.2 Å². The second-order valence-corrected chi connectivity index (χ2v) is 11.9. The first-order valence-corrected chi connectivity index (χ1v) is 15.1. The molecule has 0 saturated heterocycles. The van der Waals surface area contributed by atoms with Crippen molar-refractivity contribution in [1.29, 1.82) is 5.26 Å². The first-order valence-electron chi connectivity index (χ1n) is 16.2. The number of hydrogen-bond donors (Lipinski definition) is 2. The molecule has 0 saturated carbocycles. The minimum Gasteiger partial charge on any atom is -0.494 e. The maximum absolute atomic E-state index is 12.4. The van der Waals surface area contributed by atoms with Crippen molar-refractivity contribution < 1.29 is 26.2 Å². The van der Waals surface area contributed by atoms with Crippen LogP contribution < -0.4 is 19.7 Å². The van der Waals surface area contributed by atoms with Crippen LogP contribution in [0, 0.1) is 18.3 Å². The highest BCUT2D eigenvalue weighted by Gasteiger charge is 2.16. The second-order valence-electron chi connectivity index (χ2n) is 10.1. The number of likely N-dealkylation sites (N-methyl/N-ethyl adjacent to an activating group) is 2. The topological polar surface area (TPSA) is 145 Å². The molecule has 0 aliphatic rings. The zero-order valence-electron chi connectivity index (χ0n) is 30.8. The summed E-state index contributed by atoms with van der Waals surface area (Å²) in [6.45, 7) is -4.25. The molecule has 12 nitrogen and oxygen atoms in total. The van der Waals surface area contributed by atoms with Crippen LogP contribution in [-0.2, 0) is 21.9 Å². The summed E-state index contributed by atoms with van der Waals surface area (Å²) >= 11 is 0. The van der Waals surface area contributed by atoms with Gasteiger partial charge in [0, 0.05) is 82.1 Å². The number of anilines is 3. The molecule has 2 heterocycles. The van der Waals surface area contributed by atoms with Crippen molar-refractivity contribution >= 4 is 50.2 Å². The lowest BCUT2D eigenvalue weighted by Gasteiger charge is -2.25. The third-order valence-electron chi connectivity index (χ3n) is 6.71. The fourth-order valence-corrected chi connectivity index (χ4v) is 5.18. The van der Waals surface area contributed by atoms with Crippen molar-refractivity contribution in [2.45, 2.75) is 6.92 Å². The Hall–Kier alpha value is -4.93. The average Bonchev–Trinajstić information content (AvgIpc) is 3.30. The van der Waals surface area contributed by atoms with Gasteiger partial charge in [0.1, 0.15) is 11.8 Å². The van der Waals surface area contributed by atoms with Gasteiger partial charge in [-0.2, -0.15) is 5.26 Å². The molecule has 1 amide bonds. The molecule has 2 aromatic heterocycles. The number of fused-ring (bicyclic) bond motifs is 1. The molecule has 2 N–H and O–H groups in total. The molecule has 0 spiro atoms. The zero-order chi connectivity index (χ0) is 37.2. The van der Waals surface area contributed by atoms with Crippen molar-refractivity contribution in [1.82, 2.24) is 24.2 Å². The zero-order valence-corrected chi connectivity index (χ0v) is 25.7. The number of carbonyl (C=O) groups is 1. The Bertz CT molecular complexity index is 2090. The second kappa shape index (κ2) is 13.2. The Morgan fingerprint density at radius 3 is 2.70 bits per heavy atom.